The van der Waals surface area contributed by atoms with Gasteiger partial charge in [-0.25, -0.2) is 28.5 Å². The van der Waals surface area contributed by atoms with E-state index in [0.29, 0.717) is 11.3 Å². The van der Waals surface area contributed by atoms with Crippen molar-refractivity contribution in [3.63, 3.8) is 0 Å². The number of hydrogen-bond donors (Lipinski definition) is 3. The van der Waals surface area contributed by atoms with Crippen molar-refractivity contribution < 1.29 is 23.4 Å². The number of morpholine rings is 1. The van der Waals surface area contributed by atoms with Crippen molar-refractivity contribution in [1.29, 1.82) is 0 Å². The number of imidazole rings is 1. The van der Waals surface area contributed by atoms with E-state index in [0.717, 1.165) is 17.7 Å². The number of hydrogen-bond acceptors (Lipinski definition) is 5. The van der Waals surface area contributed by atoms with Crippen LogP contribution in [0.2, 0.25) is 0 Å². The molecule has 3 N–H and O–H groups in total. The van der Waals surface area contributed by atoms with E-state index >= 15 is 8.78 Å². The van der Waals surface area contributed by atoms with Crippen LogP contribution in [-0.4, -0.2) is 66.5 Å². The van der Waals surface area contributed by atoms with Gasteiger partial charge in [-0.3, -0.25) is 4.98 Å². The van der Waals surface area contributed by atoms with Crippen molar-refractivity contribution >= 4 is 11.7 Å². The molecule has 1 fully saturated rings. The van der Waals surface area contributed by atoms with E-state index in [1.807, 2.05) is 13.0 Å². The number of halogens is 2. The normalized spacial score (nSPS) is 16.3. The number of aromatic nitrogens is 5. The van der Waals surface area contributed by atoms with Crippen LogP contribution in [0.4, 0.5) is 13.6 Å². The van der Waals surface area contributed by atoms with E-state index in [1.54, 1.807) is 16.7 Å². The van der Waals surface area contributed by atoms with Gasteiger partial charge in [-0.2, -0.15) is 5.10 Å². The zero-order chi connectivity index (χ0) is 24.0. The van der Waals surface area contributed by atoms with E-state index in [2.05, 4.69) is 20.2 Å². The van der Waals surface area contributed by atoms with Gasteiger partial charge in [-0.15, -0.1) is 0 Å². The zero-order valence-electron chi connectivity index (χ0n) is 18.0. The van der Waals surface area contributed by atoms with Gasteiger partial charge in [0.05, 0.1) is 36.2 Å². The Hall–Kier alpha value is -4.06. The number of fused-ring (bicyclic) bond motifs is 1. The number of carbonyl (C=O) groups is 1. The van der Waals surface area contributed by atoms with Crippen LogP contribution in [0.1, 0.15) is 11.3 Å². The minimum atomic E-state index is -1.05. The van der Waals surface area contributed by atoms with Crippen LogP contribution in [0.15, 0.2) is 35.3 Å². The molecule has 10 nitrogen and oxygen atoms in total. The molecule has 1 aromatic carbocycles. The third-order valence-electron chi connectivity index (χ3n) is 5.76. The number of aryl methyl sites for hydroxylation is 1. The molecular weight excluding hydrogens is 450 g/mol. The van der Waals surface area contributed by atoms with Crippen molar-refractivity contribution in [3.8, 4) is 22.6 Å². The molecule has 3 aromatic heterocycles. The minimum absolute atomic E-state index is 0.00423. The quantitative estimate of drug-likeness (QED) is 0.421. The second-order valence-corrected chi connectivity index (χ2v) is 8.11. The first-order valence-corrected chi connectivity index (χ1v) is 10.5. The number of H-pyrrole nitrogens is 2. The number of carboxylic acid groups (broad SMARTS) is 1. The number of amides is 1. The van der Waals surface area contributed by atoms with Crippen molar-refractivity contribution in [1.82, 2.24) is 29.5 Å². The average Bonchev–Trinajstić information content (AvgIpc) is 3.37. The Morgan fingerprint density at radius 3 is 2.74 bits per heavy atom. The average molecular weight is 470 g/mol. The molecule has 12 heteroatoms. The second kappa shape index (κ2) is 8.37. The molecule has 0 spiro atoms. The van der Waals surface area contributed by atoms with Crippen LogP contribution in [0.25, 0.3) is 28.3 Å². The summed E-state index contributed by atoms with van der Waals surface area (Å²) in [6.45, 7) is 2.49. The van der Waals surface area contributed by atoms with Crippen molar-refractivity contribution in [3.05, 3.63) is 63.8 Å². The van der Waals surface area contributed by atoms with Crippen LogP contribution in [0.5, 0.6) is 0 Å². The Kier molecular flexibility index (Phi) is 5.36. The summed E-state index contributed by atoms with van der Waals surface area (Å²) in [6.07, 6.45) is 0.388. The van der Waals surface area contributed by atoms with Crippen LogP contribution in [0.3, 0.4) is 0 Å². The Bertz CT molecular complexity index is 1440. The van der Waals surface area contributed by atoms with Crippen LogP contribution < -0.4 is 5.69 Å². The minimum Gasteiger partial charge on any atom is -0.465 e. The molecule has 4 aromatic rings. The lowest BCUT2D eigenvalue weighted by Gasteiger charge is -2.31. The van der Waals surface area contributed by atoms with Gasteiger partial charge < -0.3 is 19.1 Å². The summed E-state index contributed by atoms with van der Waals surface area (Å²) in [4.78, 5) is 30.9. The van der Waals surface area contributed by atoms with Crippen LogP contribution in [0, 0.1) is 18.6 Å². The third-order valence-corrected chi connectivity index (χ3v) is 5.76. The van der Waals surface area contributed by atoms with Gasteiger partial charge in [-0.05, 0) is 36.8 Å². The summed E-state index contributed by atoms with van der Waals surface area (Å²) in [5.74, 6) is -1.75. The standard InChI is InChI=1S/C22H20F2N6O4/c1-11-2-3-30-16(9-13-10-29(22(32)33)4-5-34-13)19(25-17(30)6-11)18-14(23)7-12(8-15(18)24)20-26-21(31)28-27-20/h2-3,6-8,13H,4-5,9-10H2,1H3,(H,32,33)(H2,26,27,28,31)/t13-/m0/s1. The molecule has 5 rings (SSSR count). The maximum Gasteiger partial charge on any atom is 0.407 e. The molecule has 1 aliphatic rings. The SMILES string of the molecule is Cc1ccn2c(C[C@H]3CN(C(=O)O)CCO3)c(-c3c(F)cc(-c4n[nH]c(=O)[nH]4)cc3F)nc2c1. The van der Waals surface area contributed by atoms with Gasteiger partial charge in [0.25, 0.3) is 0 Å². The molecule has 1 aliphatic heterocycles. The maximum atomic E-state index is 15.3. The van der Waals surface area contributed by atoms with Crippen LogP contribution in [-0.2, 0) is 11.2 Å². The van der Waals surface area contributed by atoms with Gasteiger partial charge in [0.1, 0.15) is 17.3 Å². The summed E-state index contributed by atoms with van der Waals surface area (Å²) in [5, 5.41) is 15.2. The van der Waals surface area contributed by atoms with E-state index in [9.17, 15) is 14.7 Å². The Morgan fingerprint density at radius 2 is 2.06 bits per heavy atom. The van der Waals surface area contributed by atoms with Gasteiger partial charge in [0.2, 0.25) is 0 Å². The summed E-state index contributed by atoms with van der Waals surface area (Å²) in [6, 6.07) is 5.79. The fraction of sp³-hybridized carbons (Fsp3) is 0.273. The number of nitrogens with zero attached hydrogens (tertiary/aromatic N) is 4. The first kappa shape index (κ1) is 21.8. The van der Waals surface area contributed by atoms with Crippen molar-refractivity contribution in [2.75, 3.05) is 19.7 Å². The fourth-order valence-corrected chi connectivity index (χ4v) is 4.17. The smallest absolute Gasteiger partial charge is 0.407 e. The Labute approximate surface area is 190 Å². The highest BCUT2D eigenvalue weighted by molar-refractivity contribution is 5.71. The number of rotatable bonds is 4. The molecule has 176 valence electrons. The molecule has 1 amide bonds. The molecule has 1 atom stereocenters. The molecule has 0 saturated carbocycles. The highest BCUT2D eigenvalue weighted by Gasteiger charge is 2.28. The first-order valence-electron chi connectivity index (χ1n) is 10.5. The Balaban J connectivity index is 1.61. The number of ether oxygens (including phenoxy) is 1. The third kappa shape index (κ3) is 3.92. The first-order chi connectivity index (χ1) is 16.3. The van der Waals surface area contributed by atoms with E-state index < -0.39 is 29.5 Å². The molecule has 0 aliphatic carbocycles. The second-order valence-electron chi connectivity index (χ2n) is 8.11. The molecule has 0 radical (unpaired) electrons. The van der Waals surface area contributed by atoms with E-state index in [4.69, 9.17) is 4.74 Å². The summed E-state index contributed by atoms with van der Waals surface area (Å²) >= 11 is 0. The van der Waals surface area contributed by atoms with Gasteiger partial charge in [0, 0.05) is 24.7 Å². The predicted octanol–water partition coefficient (Wildman–Crippen LogP) is 2.59. The van der Waals surface area contributed by atoms with Crippen molar-refractivity contribution in [2.45, 2.75) is 19.4 Å². The lowest BCUT2D eigenvalue weighted by molar-refractivity contribution is -0.0214. The molecule has 4 heterocycles. The predicted molar refractivity (Wildman–Crippen MR) is 117 cm³/mol. The fourth-order valence-electron chi connectivity index (χ4n) is 4.17. The number of pyridine rings is 1. The molecule has 1 saturated heterocycles. The highest BCUT2D eigenvalue weighted by Crippen LogP contribution is 2.33. The number of benzene rings is 1. The Morgan fingerprint density at radius 1 is 1.29 bits per heavy atom. The molecule has 0 bridgehead atoms. The summed E-state index contributed by atoms with van der Waals surface area (Å²) < 4.78 is 38.1. The topological polar surface area (TPSA) is 129 Å². The monoisotopic (exact) mass is 470 g/mol. The highest BCUT2D eigenvalue weighted by atomic mass is 19.1. The van der Waals surface area contributed by atoms with E-state index in [1.165, 1.54) is 4.90 Å². The van der Waals surface area contributed by atoms with Gasteiger partial charge in [0.15, 0.2) is 5.82 Å². The summed E-state index contributed by atoms with van der Waals surface area (Å²) in [5.41, 5.74) is 1.14. The zero-order valence-corrected chi connectivity index (χ0v) is 18.0. The number of aromatic amines is 2. The molecule has 0 unspecified atom stereocenters. The van der Waals surface area contributed by atoms with Crippen LogP contribution >= 0.6 is 0 Å². The molecule has 34 heavy (non-hydrogen) atoms. The number of nitrogens with one attached hydrogen (secondary N) is 2. The van der Waals surface area contributed by atoms with Gasteiger partial charge in [-0.1, -0.05) is 0 Å². The van der Waals surface area contributed by atoms with E-state index in [-0.39, 0.29) is 48.8 Å². The lowest BCUT2D eigenvalue weighted by atomic mass is 10.0. The lowest BCUT2D eigenvalue weighted by Crippen LogP contribution is -2.45. The largest absolute Gasteiger partial charge is 0.465 e. The van der Waals surface area contributed by atoms with Gasteiger partial charge >= 0.3 is 11.8 Å². The summed E-state index contributed by atoms with van der Waals surface area (Å²) in [7, 11) is 0. The maximum absolute atomic E-state index is 15.3. The molecular formula is C22H20F2N6O4. The van der Waals surface area contributed by atoms with Crippen molar-refractivity contribution in [2.24, 2.45) is 0 Å².